The van der Waals surface area contributed by atoms with Crippen molar-refractivity contribution in [3.63, 3.8) is 0 Å². The summed E-state index contributed by atoms with van der Waals surface area (Å²) in [5, 5.41) is 0.880. The second-order valence-corrected chi connectivity index (χ2v) is 4.62. The fourth-order valence-corrected chi connectivity index (χ4v) is 2.33. The molecule has 0 unspecified atom stereocenters. The number of aromatic amines is 1. The van der Waals surface area contributed by atoms with Crippen molar-refractivity contribution in [3.05, 3.63) is 48.3 Å². The first-order valence-electron chi connectivity index (χ1n) is 6.70. The predicted octanol–water partition coefficient (Wildman–Crippen LogP) is 2.99. The number of carbonyl (C=O) groups is 1. The summed E-state index contributed by atoms with van der Waals surface area (Å²) in [6.45, 7) is 2.10. The summed E-state index contributed by atoms with van der Waals surface area (Å²) in [4.78, 5) is 19.5. The van der Waals surface area contributed by atoms with Crippen LogP contribution in [0.4, 0.5) is 5.69 Å². The van der Waals surface area contributed by atoms with Crippen molar-refractivity contribution in [2.24, 2.45) is 0 Å². The van der Waals surface area contributed by atoms with Crippen LogP contribution in [0.2, 0.25) is 0 Å². The molecule has 0 saturated heterocycles. The third kappa shape index (κ3) is 2.33. The van der Waals surface area contributed by atoms with E-state index >= 15 is 0 Å². The Balaban J connectivity index is 2.24. The lowest BCUT2D eigenvalue weighted by atomic mass is 10.0. The van der Waals surface area contributed by atoms with Gasteiger partial charge in [-0.2, -0.15) is 0 Å². The second-order valence-electron chi connectivity index (χ2n) is 4.62. The maximum absolute atomic E-state index is 12.2. The van der Waals surface area contributed by atoms with E-state index < -0.39 is 0 Å². The standard InChI is InChI=1S/C16H15N3O2/c1-2-21-16(20)14-13(10-5-7-11(17)8-6-10)12-4-3-9-18-15(12)19-14/h3-9H,2,17H2,1H3,(H,18,19). The van der Waals surface area contributed by atoms with Gasteiger partial charge in [-0.1, -0.05) is 12.1 Å². The minimum atomic E-state index is -0.387. The molecule has 3 rings (SSSR count). The van der Waals surface area contributed by atoms with E-state index in [9.17, 15) is 4.79 Å². The molecule has 21 heavy (non-hydrogen) atoms. The van der Waals surface area contributed by atoms with Gasteiger partial charge in [-0.15, -0.1) is 0 Å². The molecule has 3 N–H and O–H groups in total. The van der Waals surface area contributed by atoms with Crippen LogP contribution in [0.1, 0.15) is 17.4 Å². The molecule has 2 aromatic heterocycles. The maximum atomic E-state index is 12.2. The summed E-state index contributed by atoms with van der Waals surface area (Å²) in [5.74, 6) is -0.387. The van der Waals surface area contributed by atoms with Crippen molar-refractivity contribution in [1.82, 2.24) is 9.97 Å². The Kier molecular flexibility index (Phi) is 3.31. The first-order valence-corrected chi connectivity index (χ1v) is 6.70. The highest BCUT2D eigenvalue weighted by Crippen LogP contribution is 2.32. The van der Waals surface area contributed by atoms with Crippen LogP contribution in [-0.4, -0.2) is 22.5 Å². The van der Waals surface area contributed by atoms with Crippen molar-refractivity contribution in [2.45, 2.75) is 6.92 Å². The number of aromatic nitrogens is 2. The van der Waals surface area contributed by atoms with Crippen molar-refractivity contribution >= 4 is 22.7 Å². The molecule has 2 heterocycles. The van der Waals surface area contributed by atoms with Gasteiger partial charge in [0.2, 0.25) is 0 Å². The third-order valence-corrected chi connectivity index (χ3v) is 3.25. The number of fused-ring (bicyclic) bond motifs is 1. The molecule has 0 spiro atoms. The molecule has 3 aromatic rings. The molecular weight excluding hydrogens is 266 g/mol. The number of hydrogen-bond acceptors (Lipinski definition) is 4. The van der Waals surface area contributed by atoms with Crippen molar-refractivity contribution in [3.8, 4) is 11.1 Å². The zero-order valence-electron chi connectivity index (χ0n) is 11.6. The van der Waals surface area contributed by atoms with Crippen LogP contribution in [0.5, 0.6) is 0 Å². The molecule has 5 nitrogen and oxygen atoms in total. The predicted molar refractivity (Wildman–Crippen MR) is 81.9 cm³/mol. The van der Waals surface area contributed by atoms with Gasteiger partial charge >= 0.3 is 5.97 Å². The summed E-state index contributed by atoms with van der Waals surface area (Å²) in [6.07, 6.45) is 1.68. The summed E-state index contributed by atoms with van der Waals surface area (Å²) >= 11 is 0. The third-order valence-electron chi connectivity index (χ3n) is 3.25. The second kappa shape index (κ2) is 5.28. The van der Waals surface area contributed by atoms with E-state index in [1.54, 1.807) is 25.3 Å². The van der Waals surface area contributed by atoms with Crippen molar-refractivity contribution < 1.29 is 9.53 Å². The Morgan fingerprint density at radius 3 is 2.76 bits per heavy atom. The lowest BCUT2D eigenvalue weighted by Gasteiger charge is -2.05. The summed E-state index contributed by atoms with van der Waals surface area (Å²) < 4.78 is 5.12. The number of nitrogens with one attached hydrogen (secondary N) is 1. The van der Waals surface area contributed by atoms with E-state index in [0.717, 1.165) is 16.5 Å². The van der Waals surface area contributed by atoms with E-state index in [1.165, 1.54) is 0 Å². The molecule has 0 radical (unpaired) electrons. The van der Waals surface area contributed by atoms with Gasteiger partial charge in [0.25, 0.3) is 0 Å². The van der Waals surface area contributed by atoms with Gasteiger partial charge < -0.3 is 15.5 Å². The van der Waals surface area contributed by atoms with Crippen molar-refractivity contribution in [1.29, 1.82) is 0 Å². The number of anilines is 1. The van der Waals surface area contributed by atoms with Crippen molar-refractivity contribution in [2.75, 3.05) is 12.3 Å². The van der Waals surface area contributed by atoms with E-state index in [1.807, 2.05) is 24.3 Å². The first-order chi connectivity index (χ1) is 10.2. The summed E-state index contributed by atoms with van der Waals surface area (Å²) in [6, 6.07) is 11.1. The number of H-pyrrole nitrogens is 1. The molecule has 0 aliphatic rings. The molecular formula is C16H15N3O2. The Bertz CT molecular complexity index is 791. The average molecular weight is 281 g/mol. The summed E-state index contributed by atoms with van der Waals surface area (Å²) in [7, 11) is 0. The number of rotatable bonds is 3. The maximum Gasteiger partial charge on any atom is 0.355 e. The number of ether oxygens (including phenoxy) is 1. The Hall–Kier alpha value is -2.82. The largest absolute Gasteiger partial charge is 0.461 e. The Labute approximate surface area is 121 Å². The fraction of sp³-hybridized carbons (Fsp3) is 0.125. The smallest absolute Gasteiger partial charge is 0.355 e. The van der Waals surface area contributed by atoms with Crippen LogP contribution in [0, 0.1) is 0 Å². The Morgan fingerprint density at radius 1 is 1.29 bits per heavy atom. The van der Waals surface area contributed by atoms with Gasteiger partial charge in [-0.05, 0) is 36.8 Å². The summed E-state index contributed by atoms with van der Waals surface area (Å²) in [5.41, 5.74) is 9.16. The first kappa shape index (κ1) is 13.2. The molecule has 1 aromatic carbocycles. The number of nitrogens with two attached hydrogens (primary N) is 1. The minimum absolute atomic E-state index is 0.322. The van der Waals surface area contributed by atoms with Crippen LogP contribution in [0.25, 0.3) is 22.2 Å². The molecule has 0 aliphatic heterocycles. The molecule has 0 atom stereocenters. The topological polar surface area (TPSA) is 81.0 Å². The highest BCUT2D eigenvalue weighted by molar-refractivity contribution is 6.07. The highest BCUT2D eigenvalue weighted by Gasteiger charge is 2.20. The van der Waals surface area contributed by atoms with Gasteiger partial charge in [0, 0.05) is 22.8 Å². The molecule has 0 bridgehead atoms. The zero-order valence-corrected chi connectivity index (χ0v) is 11.6. The zero-order chi connectivity index (χ0) is 14.8. The molecule has 0 amide bonds. The monoisotopic (exact) mass is 281 g/mol. The van der Waals surface area contributed by atoms with Gasteiger partial charge in [0.15, 0.2) is 0 Å². The molecule has 0 saturated carbocycles. The average Bonchev–Trinajstić information content (AvgIpc) is 2.88. The Morgan fingerprint density at radius 2 is 2.05 bits per heavy atom. The number of esters is 1. The lowest BCUT2D eigenvalue weighted by Crippen LogP contribution is -2.06. The van der Waals surface area contributed by atoms with Crippen LogP contribution in [0.3, 0.4) is 0 Å². The van der Waals surface area contributed by atoms with E-state index in [2.05, 4.69) is 9.97 Å². The van der Waals surface area contributed by atoms with Gasteiger partial charge in [0.05, 0.1) is 6.61 Å². The van der Waals surface area contributed by atoms with Crippen LogP contribution >= 0.6 is 0 Å². The normalized spacial score (nSPS) is 10.7. The van der Waals surface area contributed by atoms with Crippen LogP contribution < -0.4 is 5.73 Å². The number of carbonyl (C=O) groups excluding carboxylic acids is 1. The van der Waals surface area contributed by atoms with Gasteiger partial charge in [-0.3, -0.25) is 0 Å². The number of benzene rings is 1. The van der Waals surface area contributed by atoms with E-state index in [-0.39, 0.29) is 5.97 Å². The quantitative estimate of drug-likeness (QED) is 0.571. The number of nitrogen functional groups attached to an aromatic ring is 1. The van der Waals surface area contributed by atoms with E-state index in [4.69, 9.17) is 10.5 Å². The number of hydrogen-bond donors (Lipinski definition) is 2. The highest BCUT2D eigenvalue weighted by atomic mass is 16.5. The van der Waals surface area contributed by atoms with Crippen LogP contribution in [-0.2, 0) is 4.74 Å². The molecule has 106 valence electrons. The molecule has 0 fully saturated rings. The molecule has 5 heteroatoms. The fourth-order valence-electron chi connectivity index (χ4n) is 2.33. The lowest BCUT2D eigenvalue weighted by molar-refractivity contribution is 0.0521. The number of pyridine rings is 1. The van der Waals surface area contributed by atoms with Gasteiger partial charge in [-0.25, -0.2) is 9.78 Å². The number of nitrogens with zero attached hydrogens (tertiary/aromatic N) is 1. The minimum Gasteiger partial charge on any atom is -0.461 e. The SMILES string of the molecule is CCOC(=O)c1[nH]c2ncccc2c1-c1ccc(N)cc1. The van der Waals surface area contributed by atoms with E-state index in [0.29, 0.717) is 23.6 Å². The van der Waals surface area contributed by atoms with Crippen LogP contribution in [0.15, 0.2) is 42.6 Å². The van der Waals surface area contributed by atoms with Gasteiger partial charge in [0.1, 0.15) is 11.3 Å². The molecule has 0 aliphatic carbocycles.